The van der Waals surface area contributed by atoms with Crippen LogP contribution in [-0.2, 0) is 9.53 Å². The topological polar surface area (TPSA) is 82.1 Å². The lowest BCUT2D eigenvalue weighted by atomic mass is 10.00. The highest BCUT2D eigenvalue weighted by Gasteiger charge is 2.46. The summed E-state index contributed by atoms with van der Waals surface area (Å²) >= 11 is 0. The van der Waals surface area contributed by atoms with Gasteiger partial charge in [-0.1, -0.05) is 6.92 Å². The summed E-state index contributed by atoms with van der Waals surface area (Å²) < 4.78 is 5.63. The normalized spacial score (nSPS) is 30.4. The van der Waals surface area contributed by atoms with Crippen LogP contribution >= 0.6 is 0 Å². The summed E-state index contributed by atoms with van der Waals surface area (Å²) in [5.41, 5.74) is -1.09. The average Bonchev–Trinajstić information content (AvgIpc) is 2.88. The Morgan fingerprint density at radius 1 is 1.43 bits per heavy atom. The summed E-state index contributed by atoms with van der Waals surface area (Å²) in [7, 11) is 0. The van der Waals surface area contributed by atoms with E-state index < -0.39 is 11.5 Å². The summed E-state index contributed by atoms with van der Waals surface area (Å²) in [5, 5.41) is 12.1. The SMILES string of the molecule is CCN1CCOC(CNC(=O)N2CCCC2(C)C(=O)O)C1. The Kier molecular flexibility index (Phi) is 5.05. The fourth-order valence-electron chi connectivity index (χ4n) is 3.00. The van der Waals surface area contributed by atoms with Gasteiger partial charge in [-0.05, 0) is 26.3 Å². The molecule has 2 aliphatic rings. The Balaban J connectivity index is 1.85. The van der Waals surface area contributed by atoms with Gasteiger partial charge in [-0.3, -0.25) is 4.90 Å². The first kappa shape index (κ1) is 16.0. The molecule has 2 heterocycles. The molecule has 0 saturated carbocycles. The van der Waals surface area contributed by atoms with Crippen molar-refractivity contribution < 1.29 is 19.4 Å². The quantitative estimate of drug-likeness (QED) is 0.783. The molecule has 0 aromatic carbocycles. The zero-order valence-electron chi connectivity index (χ0n) is 12.8. The number of amides is 2. The molecule has 0 bridgehead atoms. The summed E-state index contributed by atoms with van der Waals surface area (Å²) in [6, 6.07) is -0.311. The molecule has 2 fully saturated rings. The molecule has 7 heteroatoms. The van der Waals surface area contributed by atoms with Crippen LogP contribution in [0.2, 0.25) is 0 Å². The van der Waals surface area contributed by atoms with Gasteiger partial charge in [0, 0.05) is 26.2 Å². The fourth-order valence-corrected chi connectivity index (χ4v) is 3.00. The highest BCUT2D eigenvalue weighted by molar-refractivity contribution is 5.86. The maximum absolute atomic E-state index is 12.2. The van der Waals surface area contributed by atoms with Crippen LogP contribution in [0.3, 0.4) is 0 Å². The van der Waals surface area contributed by atoms with Crippen LogP contribution in [0, 0.1) is 0 Å². The van der Waals surface area contributed by atoms with Crippen LogP contribution in [0.15, 0.2) is 0 Å². The Morgan fingerprint density at radius 3 is 2.86 bits per heavy atom. The van der Waals surface area contributed by atoms with Crippen LogP contribution < -0.4 is 5.32 Å². The molecule has 2 atom stereocenters. The molecule has 0 aromatic heterocycles. The van der Waals surface area contributed by atoms with Gasteiger partial charge in [0.1, 0.15) is 5.54 Å². The van der Waals surface area contributed by atoms with Crippen LogP contribution in [0.4, 0.5) is 4.79 Å². The Labute approximate surface area is 125 Å². The van der Waals surface area contributed by atoms with Crippen molar-refractivity contribution >= 4 is 12.0 Å². The van der Waals surface area contributed by atoms with E-state index in [4.69, 9.17) is 4.74 Å². The van der Waals surface area contributed by atoms with Crippen molar-refractivity contribution in [2.45, 2.75) is 38.3 Å². The molecule has 21 heavy (non-hydrogen) atoms. The van der Waals surface area contributed by atoms with Crippen molar-refractivity contribution in [3.05, 3.63) is 0 Å². The fraction of sp³-hybridized carbons (Fsp3) is 0.857. The van der Waals surface area contributed by atoms with Gasteiger partial charge in [-0.25, -0.2) is 9.59 Å². The number of carbonyl (C=O) groups excluding carboxylic acids is 1. The first-order chi connectivity index (χ1) is 9.97. The molecular formula is C14H25N3O4. The number of likely N-dealkylation sites (N-methyl/N-ethyl adjacent to an activating group) is 1. The maximum Gasteiger partial charge on any atom is 0.329 e. The van der Waals surface area contributed by atoms with Crippen LogP contribution in [0.25, 0.3) is 0 Å². The lowest BCUT2D eigenvalue weighted by Crippen LogP contribution is -2.56. The van der Waals surface area contributed by atoms with E-state index in [1.54, 1.807) is 6.92 Å². The molecule has 2 rings (SSSR count). The number of rotatable bonds is 4. The van der Waals surface area contributed by atoms with Crippen molar-refractivity contribution in [3.8, 4) is 0 Å². The van der Waals surface area contributed by atoms with Gasteiger partial charge in [0.05, 0.1) is 12.7 Å². The maximum atomic E-state index is 12.2. The number of ether oxygens (including phenoxy) is 1. The molecule has 120 valence electrons. The van der Waals surface area contributed by atoms with Gasteiger partial charge >= 0.3 is 12.0 Å². The second kappa shape index (κ2) is 6.62. The molecule has 0 spiro atoms. The molecule has 0 aromatic rings. The zero-order chi connectivity index (χ0) is 15.5. The van der Waals surface area contributed by atoms with Gasteiger partial charge in [0.2, 0.25) is 0 Å². The molecule has 0 aliphatic carbocycles. The van der Waals surface area contributed by atoms with Crippen LogP contribution in [0.1, 0.15) is 26.7 Å². The van der Waals surface area contributed by atoms with Crippen molar-refractivity contribution in [1.29, 1.82) is 0 Å². The van der Waals surface area contributed by atoms with E-state index in [1.807, 2.05) is 0 Å². The zero-order valence-corrected chi connectivity index (χ0v) is 12.8. The van der Waals surface area contributed by atoms with E-state index >= 15 is 0 Å². The number of hydrogen-bond acceptors (Lipinski definition) is 4. The first-order valence-electron chi connectivity index (χ1n) is 7.60. The summed E-state index contributed by atoms with van der Waals surface area (Å²) in [6.07, 6.45) is 1.19. The van der Waals surface area contributed by atoms with Crippen molar-refractivity contribution in [3.63, 3.8) is 0 Å². The number of urea groups is 1. The first-order valence-corrected chi connectivity index (χ1v) is 7.60. The molecule has 0 radical (unpaired) electrons. The number of nitrogens with one attached hydrogen (secondary N) is 1. The van der Waals surface area contributed by atoms with E-state index in [0.717, 1.165) is 26.1 Å². The van der Waals surface area contributed by atoms with Crippen molar-refractivity contribution in [2.24, 2.45) is 0 Å². The number of morpholine rings is 1. The van der Waals surface area contributed by atoms with E-state index in [1.165, 1.54) is 4.90 Å². The Morgan fingerprint density at radius 2 is 2.19 bits per heavy atom. The molecule has 2 saturated heterocycles. The molecule has 2 amide bonds. The van der Waals surface area contributed by atoms with E-state index in [9.17, 15) is 14.7 Å². The molecule has 2 aliphatic heterocycles. The van der Waals surface area contributed by atoms with Crippen molar-refractivity contribution in [1.82, 2.24) is 15.1 Å². The lowest BCUT2D eigenvalue weighted by molar-refractivity contribution is -0.147. The second-order valence-corrected chi connectivity index (χ2v) is 5.91. The Bertz CT molecular complexity index is 404. The van der Waals surface area contributed by atoms with Gasteiger partial charge < -0.3 is 20.1 Å². The summed E-state index contributed by atoms with van der Waals surface area (Å²) in [4.78, 5) is 27.3. The van der Waals surface area contributed by atoms with Crippen molar-refractivity contribution in [2.75, 3.05) is 39.3 Å². The smallest absolute Gasteiger partial charge is 0.329 e. The second-order valence-electron chi connectivity index (χ2n) is 5.91. The summed E-state index contributed by atoms with van der Waals surface area (Å²) in [5.74, 6) is -0.943. The van der Waals surface area contributed by atoms with Gasteiger partial charge in [0.15, 0.2) is 0 Å². The third kappa shape index (κ3) is 3.47. The minimum atomic E-state index is -1.09. The number of carboxylic acid groups (broad SMARTS) is 1. The predicted octanol–water partition coefficient (Wildman–Crippen LogP) is 0.356. The molecular weight excluding hydrogens is 274 g/mol. The summed E-state index contributed by atoms with van der Waals surface area (Å²) in [6.45, 7) is 7.98. The highest BCUT2D eigenvalue weighted by Crippen LogP contribution is 2.29. The average molecular weight is 299 g/mol. The molecule has 2 unspecified atom stereocenters. The van der Waals surface area contributed by atoms with Crippen LogP contribution in [0.5, 0.6) is 0 Å². The number of nitrogens with zero attached hydrogens (tertiary/aromatic N) is 2. The molecule has 2 N–H and O–H groups in total. The largest absolute Gasteiger partial charge is 0.480 e. The minimum absolute atomic E-state index is 0.0265. The highest BCUT2D eigenvalue weighted by atomic mass is 16.5. The van der Waals surface area contributed by atoms with Gasteiger partial charge in [-0.15, -0.1) is 0 Å². The third-order valence-corrected chi connectivity index (χ3v) is 4.50. The third-order valence-electron chi connectivity index (χ3n) is 4.50. The monoisotopic (exact) mass is 299 g/mol. The minimum Gasteiger partial charge on any atom is -0.480 e. The number of carboxylic acids is 1. The van der Waals surface area contributed by atoms with E-state index in [2.05, 4.69) is 17.1 Å². The lowest BCUT2D eigenvalue weighted by Gasteiger charge is -2.34. The van der Waals surface area contributed by atoms with Gasteiger partial charge in [0.25, 0.3) is 0 Å². The molecule has 7 nitrogen and oxygen atoms in total. The Hall–Kier alpha value is -1.34. The predicted molar refractivity (Wildman–Crippen MR) is 77.2 cm³/mol. The number of aliphatic carboxylic acids is 1. The van der Waals surface area contributed by atoms with Crippen LogP contribution in [-0.4, -0.2) is 77.9 Å². The van der Waals surface area contributed by atoms with Gasteiger partial charge in [-0.2, -0.15) is 0 Å². The number of likely N-dealkylation sites (tertiary alicyclic amines) is 1. The van der Waals surface area contributed by atoms with E-state index in [-0.39, 0.29) is 12.1 Å². The standard InChI is InChI=1S/C14H25N3O4/c1-3-16-7-8-21-11(10-16)9-15-13(20)17-6-4-5-14(17,2)12(18)19/h11H,3-10H2,1-2H3,(H,15,20)(H,18,19). The number of hydrogen-bond donors (Lipinski definition) is 2. The van der Waals surface area contributed by atoms with E-state index in [0.29, 0.717) is 26.1 Å². The number of carbonyl (C=O) groups is 2.